The average Bonchev–Trinajstić information content (AvgIpc) is 3.21. The van der Waals surface area contributed by atoms with Crippen LogP contribution in [0.5, 0.6) is 11.6 Å². The van der Waals surface area contributed by atoms with Crippen molar-refractivity contribution < 1.29 is 23.9 Å². The van der Waals surface area contributed by atoms with E-state index in [1.807, 2.05) is 0 Å². The fourth-order valence-electron chi connectivity index (χ4n) is 2.26. The minimum Gasteiger partial charge on any atom is -0.454 e. The third-order valence-corrected chi connectivity index (χ3v) is 4.75. The first-order chi connectivity index (χ1) is 14.0. The van der Waals surface area contributed by atoms with E-state index in [9.17, 15) is 14.4 Å². The van der Waals surface area contributed by atoms with Gasteiger partial charge in [-0.2, -0.15) is 0 Å². The molecule has 0 saturated carbocycles. The van der Waals surface area contributed by atoms with Crippen molar-refractivity contribution in [3.63, 3.8) is 0 Å². The number of rotatable bonds is 8. The van der Waals surface area contributed by atoms with Gasteiger partial charge in [-0.05, 0) is 36.4 Å². The molecule has 3 aromatic heterocycles. The lowest BCUT2D eigenvalue weighted by atomic mass is 10.2. The zero-order valence-corrected chi connectivity index (χ0v) is 16.3. The summed E-state index contributed by atoms with van der Waals surface area (Å²) in [7, 11) is 0. The van der Waals surface area contributed by atoms with Gasteiger partial charge in [0.05, 0.1) is 17.6 Å². The summed E-state index contributed by atoms with van der Waals surface area (Å²) in [5.74, 6) is -0.731. The largest absolute Gasteiger partial charge is 0.454 e. The van der Waals surface area contributed by atoms with Gasteiger partial charge < -0.3 is 14.8 Å². The smallest absolute Gasteiger partial charge is 0.344 e. The van der Waals surface area contributed by atoms with Crippen LogP contribution in [-0.2, 0) is 16.1 Å². The molecule has 0 atom stereocenters. The van der Waals surface area contributed by atoms with Crippen molar-refractivity contribution in [2.75, 3.05) is 6.61 Å². The molecule has 3 rings (SSSR count). The molecule has 0 aromatic carbocycles. The van der Waals surface area contributed by atoms with Gasteiger partial charge in [0.2, 0.25) is 17.6 Å². The fraction of sp³-hybridized carbons (Fsp3) is 0.150. The highest BCUT2D eigenvalue weighted by atomic mass is 32.1. The summed E-state index contributed by atoms with van der Waals surface area (Å²) in [5, 5.41) is 2.66. The van der Waals surface area contributed by atoms with Crippen molar-refractivity contribution in [3.05, 3.63) is 70.3 Å². The van der Waals surface area contributed by atoms with Crippen LogP contribution in [0.3, 0.4) is 0 Å². The minimum absolute atomic E-state index is 0.0617. The third kappa shape index (κ3) is 5.69. The van der Waals surface area contributed by atoms with Gasteiger partial charge in [0, 0.05) is 24.2 Å². The third-order valence-electron chi connectivity index (χ3n) is 3.62. The van der Waals surface area contributed by atoms with Crippen LogP contribution < -0.4 is 10.1 Å². The lowest BCUT2D eigenvalue weighted by Gasteiger charge is -2.09. The number of carbonyl (C=O) groups excluding carboxylic acids is 3. The SMILES string of the molecule is CC(=O)NCc1ccc(C(=O)COC(=O)c2cccnc2Oc2cccnc2)s1. The molecule has 0 aliphatic carbocycles. The maximum Gasteiger partial charge on any atom is 0.344 e. The summed E-state index contributed by atoms with van der Waals surface area (Å²) in [6.07, 6.45) is 4.57. The standard InChI is InChI=1S/C20H17N3O5S/c1-13(24)23-11-15-6-7-18(29-15)17(25)12-27-20(26)16-5-3-9-22-19(16)28-14-4-2-8-21-10-14/h2-10H,11-12H2,1H3,(H,23,24). The van der Waals surface area contributed by atoms with Crippen LogP contribution in [0.15, 0.2) is 55.0 Å². The Balaban J connectivity index is 1.61. The van der Waals surface area contributed by atoms with Crippen LogP contribution in [0, 0.1) is 0 Å². The van der Waals surface area contributed by atoms with Crippen molar-refractivity contribution in [3.8, 4) is 11.6 Å². The van der Waals surface area contributed by atoms with E-state index in [4.69, 9.17) is 9.47 Å². The molecule has 0 unspecified atom stereocenters. The normalized spacial score (nSPS) is 10.2. The number of nitrogens with one attached hydrogen (secondary N) is 1. The summed E-state index contributed by atoms with van der Waals surface area (Å²) in [6.45, 7) is 1.35. The summed E-state index contributed by atoms with van der Waals surface area (Å²) in [4.78, 5) is 44.9. The van der Waals surface area contributed by atoms with Crippen LogP contribution in [0.1, 0.15) is 31.8 Å². The number of amides is 1. The Bertz CT molecular complexity index is 1020. The highest BCUT2D eigenvalue weighted by Gasteiger charge is 2.18. The second-order valence-electron chi connectivity index (χ2n) is 5.82. The zero-order valence-electron chi connectivity index (χ0n) is 15.5. The number of Topliss-reactive ketones (excluding diaryl/α,β-unsaturated/α-hetero) is 1. The second kappa shape index (κ2) is 9.56. The van der Waals surface area contributed by atoms with Gasteiger partial charge in [0.1, 0.15) is 11.3 Å². The first-order valence-corrected chi connectivity index (χ1v) is 9.41. The predicted molar refractivity (Wildman–Crippen MR) is 105 cm³/mol. The second-order valence-corrected chi connectivity index (χ2v) is 6.99. The van der Waals surface area contributed by atoms with Gasteiger partial charge in [-0.25, -0.2) is 9.78 Å². The molecule has 3 heterocycles. The van der Waals surface area contributed by atoms with E-state index in [0.717, 1.165) is 4.88 Å². The number of aromatic nitrogens is 2. The lowest BCUT2D eigenvalue weighted by Crippen LogP contribution is -2.18. The molecular formula is C20H17N3O5S. The molecule has 0 radical (unpaired) electrons. The van der Waals surface area contributed by atoms with E-state index in [1.54, 1.807) is 36.5 Å². The molecular weight excluding hydrogens is 394 g/mol. The van der Waals surface area contributed by atoms with Gasteiger partial charge in [-0.15, -0.1) is 11.3 Å². The topological polar surface area (TPSA) is 107 Å². The van der Waals surface area contributed by atoms with E-state index < -0.39 is 12.6 Å². The highest BCUT2D eigenvalue weighted by molar-refractivity contribution is 7.14. The van der Waals surface area contributed by atoms with Crippen molar-refractivity contribution in [1.29, 1.82) is 0 Å². The Labute approximate surface area is 170 Å². The van der Waals surface area contributed by atoms with Gasteiger partial charge in [-0.1, -0.05) is 0 Å². The van der Waals surface area contributed by atoms with Crippen LogP contribution in [0.4, 0.5) is 0 Å². The number of ether oxygens (including phenoxy) is 2. The average molecular weight is 411 g/mol. The monoisotopic (exact) mass is 411 g/mol. The van der Waals surface area contributed by atoms with E-state index in [0.29, 0.717) is 17.2 Å². The summed E-state index contributed by atoms with van der Waals surface area (Å²) >= 11 is 1.24. The molecule has 0 saturated heterocycles. The van der Waals surface area contributed by atoms with Crippen LogP contribution >= 0.6 is 11.3 Å². The number of nitrogens with zero attached hydrogens (tertiary/aromatic N) is 2. The number of carbonyl (C=O) groups is 3. The molecule has 29 heavy (non-hydrogen) atoms. The first-order valence-electron chi connectivity index (χ1n) is 8.59. The lowest BCUT2D eigenvalue weighted by molar-refractivity contribution is -0.119. The number of pyridine rings is 2. The Morgan fingerprint density at radius 1 is 1.10 bits per heavy atom. The molecule has 148 valence electrons. The van der Waals surface area contributed by atoms with E-state index in [2.05, 4.69) is 15.3 Å². The number of thiophene rings is 1. The van der Waals surface area contributed by atoms with E-state index in [-0.39, 0.29) is 23.1 Å². The summed E-state index contributed by atoms with van der Waals surface area (Å²) in [6, 6.07) is 9.83. The van der Waals surface area contributed by atoms with E-state index >= 15 is 0 Å². The Morgan fingerprint density at radius 3 is 2.69 bits per heavy atom. The molecule has 9 heteroatoms. The summed E-state index contributed by atoms with van der Waals surface area (Å²) in [5.41, 5.74) is 0.0988. The van der Waals surface area contributed by atoms with Crippen LogP contribution in [0.25, 0.3) is 0 Å². The molecule has 0 aliphatic rings. The first kappa shape index (κ1) is 20.2. The minimum atomic E-state index is -0.722. The van der Waals surface area contributed by atoms with Gasteiger partial charge in [0.15, 0.2) is 6.61 Å². The molecule has 0 bridgehead atoms. The van der Waals surface area contributed by atoms with Crippen LogP contribution in [0.2, 0.25) is 0 Å². The fourth-order valence-corrected chi connectivity index (χ4v) is 3.13. The highest BCUT2D eigenvalue weighted by Crippen LogP contribution is 2.23. The van der Waals surface area contributed by atoms with Crippen molar-refractivity contribution in [2.24, 2.45) is 0 Å². The van der Waals surface area contributed by atoms with E-state index in [1.165, 1.54) is 36.7 Å². The van der Waals surface area contributed by atoms with Gasteiger partial charge in [0.25, 0.3) is 0 Å². The maximum absolute atomic E-state index is 12.4. The molecule has 1 N–H and O–H groups in total. The quantitative estimate of drug-likeness (QED) is 0.448. The Kier molecular flexibility index (Phi) is 6.64. The number of hydrogen-bond acceptors (Lipinski definition) is 8. The van der Waals surface area contributed by atoms with Crippen molar-refractivity contribution in [2.45, 2.75) is 13.5 Å². The number of hydrogen-bond donors (Lipinski definition) is 1. The molecule has 3 aromatic rings. The molecule has 0 fully saturated rings. The molecule has 0 spiro atoms. The predicted octanol–water partition coefficient (Wildman–Crippen LogP) is 3.01. The van der Waals surface area contributed by atoms with Crippen LogP contribution in [-0.4, -0.2) is 34.2 Å². The van der Waals surface area contributed by atoms with Crippen molar-refractivity contribution in [1.82, 2.24) is 15.3 Å². The zero-order chi connectivity index (χ0) is 20.6. The molecule has 0 aliphatic heterocycles. The van der Waals surface area contributed by atoms with Gasteiger partial charge in [-0.3, -0.25) is 14.6 Å². The molecule has 8 nitrogen and oxygen atoms in total. The Morgan fingerprint density at radius 2 is 1.93 bits per heavy atom. The summed E-state index contributed by atoms with van der Waals surface area (Å²) < 4.78 is 10.7. The number of esters is 1. The maximum atomic E-state index is 12.4. The van der Waals surface area contributed by atoms with Gasteiger partial charge >= 0.3 is 5.97 Å². The number of ketones is 1. The van der Waals surface area contributed by atoms with Crippen molar-refractivity contribution >= 4 is 29.0 Å². The Hall–Kier alpha value is -3.59. The molecule has 1 amide bonds.